The van der Waals surface area contributed by atoms with Gasteiger partial charge in [0.2, 0.25) is 5.95 Å². The lowest BCUT2D eigenvalue weighted by Crippen LogP contribution is -2.35. The van der Waals surface area contributed by atoms with E-state index in [-0.39, 0.29) is 5.69 Å². The van der Waals surface area contributed by atoms with Crippen molar-refractivity contribution in [3.05, 3.63) is 77.5 Å². The van der Waals surface area contributed by atoms with Crippen LogP contribution < -0.4 is 10.2 Å². The van der Waals surface area contributed by atoms with E-state index in [1.807, 2.05) is 19.1 Å². The molecule has 1 aliphatic heterocycles. The quantitative estimate of drug-likeness (QED) is 0.640. The van der Waals surface area contributed by atoms with Crippen molar-refractivity contribution in [2.75, 3.05) is 23.3 Å². The Kier molecular flexibility index (Phi) is 5.69. The van der Waals surface area contributed by atoms with E-state index in [0.29, 0.717) is 11.9 Å². The Hall–Kier alpha value is -3.02. The van der Waals surface area contributed by atoms with Crippen LogP contribution in [0.5, 0.6) is 0 Å². The van der Waals surface area contributed by atoms with Crippen LogP contribution >= 0.6 is 0 Å². The minimum atomic E-state index is -0.668. The smallest absolute Gasteiger partial charge is 0.229 e. The van der Waals surface area contributed by atoms with Gasteiger partial charge in [0, 0.05) is 30.9 Å². The SMILES string of the molecule is Cc1cc(N2CCC(Cc3ccccc3)CC2)nc(Nc2ccc(F)cc2F)n1. The lowest BCUT2D eigenvalue weighted by molar-refractivity contribution is 0.402. The van der Waals surface area contributed by atoms with Crippen LogP contribution in [0.3, 0.4) is 0 Å². The van der Waals surface area contributed by atoms with Crippen molar-refractivity contribution in [3.8, 4) is 0 Å². The Bertz CT molecular complexity index is 970. The fourth-order valence-corrected chi connectivity index (χ4v) is 3.79. The van der Waals surface area contributed by atoms with Crippen LogP contribution in [0.25, 0.3) is 0 Å². The van der Waals surface area contributed by atoms with Gasteiger partial charge < -0.3 is 10.2 Å². The first-order valence-electron chi connectivity index (χ1n) is 9.93. The van der Waals surface area contributed by atoms with E-state index in [4.69, 9.17) is 0 Å². The Morgan fingerprint density at radius 1 is 1.00 bits per heavy atom. The summed E-state index contributed by atoms with van der Waals surface area (Å²) in [6.07, 6.45) is 3.31. The predicted molar refractivity (Wildman–Crippen MR) is 111 cm³/mol. The molecule has 150 valence electrons. The molecule has 0 spiro atoms. The summed E-state index contributed by atoms with van der Waals surface area (Å²) in [5.41, 5.74) is 2.34. The molecule has 3 aromatic rings. The summed E-state index contributed by atoms with van der Waals surface area (Å²) in [5, 5.41) is 2.87. The van der Waals surface area contributed by atoms with Crippen molar-refractivity contribution in [3.63, 3.8) is 0 Å². The molecule has 4 rings (SSSR count). The van der Waals surface area contributed by atoms with E-state index < -0.39 is 11.6 Å². The number of benzene rings is 2. The normalized spacial score (nSPS) is 14.8. The molecule has 0 radical (unpaired) electrons. The number of nitrogens with zero attached hydrogens (tertiary/aromatic N) is 3. The second-order valence-corrected chi connectivity index (χ2v) is 7.56. The number of piperidine rings is 1. The van der Waals surface area contributed by atoms with Crippen molar-refractivity contribution >= 4 is 17.5 Å². The zero-order chi connectivity index (χ0) is 20.2. The third-order valence-electron chi connectivity index (χ3n) is 5.32. The van der Waals surface area contributed by atoms with Crippen molar-refractivity contribution in [2.24, 2.45) is 5.92 Å². The number of aromatic nitrogens is 2. The van der Waals surface area contributed by atoms with Gasteiger partial charge in [0.1, 0.15) is 17.5 Å². The van der Waals surface area contributed by atoms with Crippen LogP contribution in [0.2, 0.25) is 0 Å². The van der Waals surface area contributed by atoms with Crippen LogP contribution in [0.1, 0.15) is 24.1 Å². The predicted octanol–water partition coefficient (Wildman–Crippen LogP) is 5.27. The van der Waals surface area contributed by atoms with Crippen molar-refractivity contribution < 1.29 is 8.78 Å². The van der Waals surface area contributed by atoms with Crippen LogP contribution in [0.15, 0.2) is 54.6 Å². The van der Waals surface area contributed by atoms with Gasteiger partial charge in [0.25, 0.3) is 0 Å². The second kappa shape index (κ2) is 8.55. The number of hydrogen-bond acceptors (Lipinski definition) is 4. The zero-order valence-electron chi connectivity index (χ0n) is 16.4. The average molecular weight is 394 g/mol. The van der Waals surface area contributed by atoms with Crippen molar-refractivity contribution in [2.45, 2.75) is 26.2 Å². The molecule has 2 aromatic carbocycles. The van der Waals surface area contributed by atoms with E-state index in [2.05, 4.69) is 44.5 Å². The molecule has 0 saturated carbocycles. The summed E-state index contributed by atoms with van der Waals surface area (Å²) < 4.78 is 27.1. The Labute approximate surface area is 169 Å². The summed E-state index contributed by atoms with van der Waals surface area (Å²) >= 11 is 0. The molecule has 0 unspecified atom stereocenters. The zero-order valence-corrected chi connectivity index (χ0v) is 16.4. The molecule has 29 heavy (non-hydrogen) atoms. The first-order chi connectivity index (χ1) is 14.1. The molecule has 6 heteroatoms. The van der Waals surface area contributed by atoms with Gasteiger partial charge in [-0.2, -0.15) is 4.98 Å². The van der Waals surface area contributed by atoms with Gasteiger partial charge in [-0.25, -0.2) is 13.8 Å². The van der Waals surface area contributed by atoms with Crippen LogP contribution in [-0.4, -0.2) is 23.1 Å². The molecule has 1 aromatic heterocycles. The van der Waals surface area contributed by atoms with Gasteiger partial charge in [0.05, 0.1) is 5.69 Å². The third kappa shape index (κ3) is 4.88. The van der Waals surface area contributed by atoms with E-state index in [0.717, 1.165) is 49.9 Å². The van der Waals surface area contributed by atoms with Crippen LogP contribution in [0, 0.1) is 24.5 Å². The monoisotopic (exact) mass is 394 g/mol. The first-order valence-corrected chi connectivity index (χ1v) is 9.93. The Morgan fingerprint density at radius 2 is 1.76 bits per heavy atom. The van der Waals surface area contributed by atoms with Crippen molar-refractivity contribution in [1.82, 2.24) is 9.97 Å². The number of halogens is 2. The van der Waals surface area contributed by atoms with Gasteiger partial charge in [-0.15, -0.1) is 0 Å². The molecular formula is C23H24F2N4. The van der Waals surface area contributed by atoms with Crippen molar-refractivity contribution in [1.29, 1.82) is 0 Å². The Balaban J connectivity index is 1.43. The molecule has 0 amide bonds. The van der Waals surface area contributed by atoms with Crippen LogP contribution in [-0.2, 0) is 6.42 Å². The molecule has 1 aliphatic rings. The molecule has 1 fully saturated rings. The van der Waals surface area contributed by atoms with Gasteiger partial charge in [0.15, 0.2) is 0 Å². The molecule has 0 aliphatic carbocycles. The lowest BCUT2D eigenvalue weighted by atomic mass is 9.90. The maximum atomic E-state index is 13.9. The van der Waals surface area contributed by atoms with Gasteiger partial charge in [-0.05, 0) is 49.8 Å². The number of rotatable bonds is 5. The summed E-state index contributed by atoms with van der Waals surface area (Å²) in [6.45, 7) is 3.75. The standard InChI is InChI=1S/C23H24F2N4/c1-16-13-22(28-23(26-16)27-21-8-7-19(24)15-20(21)25)29-11-9-18(10-12-29)14-17-5-3-2-4-6-17/h2-8,13,15,18H,9-12,14H2,1H3,(H,26,27,28). The van der Waals surface area contributed by atoms with E-state index in [9.17, 15) is 8.78 Å². The lowest BCUT2D eigenvalue weighted by Gasteiger charge is -2.33. The van der Waals surface area contributed by atoms with E-state index in [1.54, 1.807) is 0 Å². The molecule has 4 nitrogen and oxygen atoms in total. The van der Waals surface area contributed by atoms with E-state index in [1.165, 1.54) is 17.7 Å². The summed E-state index contributed by atoms with van der Waals surface area (Å²) in [7, 11) is 0. The second-order valence-electron chi connectivity index (χ2n) is 7.56. The minimum absolute atomic E-state index is 0.157. The largest absolute Gasteiger partial charge is 0.356 e. The molecule has 2 heterocycles. The molecule has 0 bridgehead atoms. The summed E-state index contributed by atoms with van der Waals surface area (Å²) in [4.78, 5) is 11.2. The number of hydrogen-bond donors (Lipinski definition) is 1. The number of nitrogens with one attached hydrogen (secondary N) is 1. The third-order valence-corrected chi connectivity index (χ3v) is 5.32. The van der Waals surface area contributed by atoms with Crippen LogP contribution in [0.4, 0.5) is 26.2 Å². The minimum Gasteiger partial charge on any atom is -0.356 e. The highest BCUT2D eigenvalue weighted by atomic mass is 19.1. The Morgan fingerprint density at radius 3 is 2.48 bits per heavy atom. The van der Waals surface area contributed by atoms with Gasteiger partial charge >= 0.3 is 0 Å². The topological polar surface area (TPSA) is 41.1 Å². The summed E-state index contributed by atoms with van der Waals surface area (Å²) in [6, 6.07) is 16.0. The molecule has 0 atom stereocenters. The highest BCUT2D eigenvalue weighted by Crippen LogP contribution is 2.26. The van der Waals surface area contributed by atoms with Gasteiger partial charge in [-0.1, -0.05) is 30.3 Å². The fourth-order valence-electron chi connectivity index (χ4n) is 3.79. The molecule has 1 saturated heterocycles. The van der Waals surface area contributed by atoms with E-state index >= 15 is 0 Å². The van der Waals surface area contributed by atoms with Gasteiger partial charge in [-0.3, -0.25) is 0 Å². The maximum absolute atomic E-state index is 13.9. The number of anilines is 3. The fraction of sp³-hybridized carbons (Fsp3) is 0.304. The first kappa shape index (κ1) is 19.3. The number of aryl methyl sites for hydroxylation is 1. The highest BCUT2D eigenvalue weighted by Gasteiger charge is 2.21. The average Bonchev–Trinajstić information content (AvgIpc) is 2.71. The molecule has 1 N–H and O–H groups in total. The molecular weight excluding hydrogens is 370 g/mol. The highest BCUT2D eigenvalue weighted by molar-refractivity contribution is 5.56. The maximum Gasteiger partial charge on any atom is 0.229 e. The summed E-state index contributed by atoms with van der Waals surface area (Å²) in [5.74, 6) is 0.538.